The molecule has 0 saturated carbocycles. The van der Waals surface area contributed by atoms with E-state index in [1.807, 2.05) is 5.51 Å². The lowest BCUT2D eigenvalue weighted by Gasteiger charge is -2.26. The second-order valence-corrected chi connectivity index (χ2v) is 5.33. The van der Waals surface area contributed by atoms with Crippen LogP contribution in [0.5, 0.6) is 0 Å². The molecule has 1 saturated heterocycles. The molecule has 1 fully saturated rings. The molecule has 1 aliphatic heterocycles. The molecule has 1 aromatic heterocycles. The van der Waals surface area contributed by atoms with Gasteiger partial charge in [0.15, 0.2) is 0 Å². The van der Waals surface area contributed by atoms with Crippen LogP contribution in [0.1, 0.15) is 23.9 Å². The summed E-state index contributed by atoms with van der Waals surface area (Å²) >= 11 is 1.79. The van der Waals surface area contributed by atoms with Crippen LogP contribution in [0.4, 0.5) is 0 Å². The lowest BCUT2D eigenvalue weighted by Crippen LogP contribution is -2.38. The highest BCUT2D eigenvalue weighted by Crippen LogP contribution is 2.15. The first-order valence-electron chi connectivity index (χ1n) is 6.15. The molecule has 0 aliphatic carbocycles. The number of hydrogen-bond acceptors (Lipinski definition) is 4. The van der Waals surface area contributed by atoms with E-state index in [2.05, 4.69) is 29.0 Å². The van der Waals surface area contributed by atoms with Gasteiger partial charge in [-0.2, -0.15) is 0 Å². The van der Waals surface area contributed by atoms with Crippen molar-refractivity contribution < 1.29 is 0 Å². The maximum absolute atomic E-state index is 4.31. The summed E-state index contributed by atoms with van der Waals surface area (Å²) in [7, 11) is 0. The Hall–Kier alpha value is -0.450. The number of aryl methyl sites for hydroxylation is 1. The fourth-order valence-electron chi connectivity index (χ4n) is 2.36. The van der Waals surface area contributed by atoms with Crippen LogP contribution in [0.3, 0.4) is 0 Å². The van der Waals surface area contributed by atoms with Crippen LogP contribution >= 0.6 is 11.3 Å². The molecule has 0 radical (unpaired) electrons. The van der Waals surface area contributed by atoms with E-state index in [0.29, 0.717) is 0 Å². The lowest BCUT2D eigenvalue weighted by molar-refractivity contribution is 0.222. The molecule has 0 amide bonds. The smallest absolute Gasteiger partial charge is 0.0797 e. The maximum atomic E-state index is 4.31. The van der Waals surface area contributed by atoms with Crippen LogP contribution in [0.25, 0.3) is 0 Å². The van der Waals surface area contributed by atoms with Gasteiger partial charge in [0, 0.05) is 24.0 Å². The van der Waals surface area contributed by atoms with E-state index < -0.39 is 0 Å². The average molecular weight is 239 g/mol. The molecule has 1 aliphatic rings. The maximum Gasteiger partial charge on any atom is 0.0797 e. The molecule has 2 rings (SSSR count). The monoisotopic (exact) mass is 239 g/mol. The van der Waals surface area contributed by atoms with Crippen molar-refractivity contribution in [2.45, 2.75) is 32.7 Å². The lowest BCUT2D eigenvalue weighted by atomic mass is 10.2. The third kappa shape index (κ3) is 2.81. The van der Waals surface area contributed by atoms with E-state index in [1.54, 1.807) is 11.3 Å². The zero-order chi connectivity index (χ0) is 11.4. The molecule has 0 aromatic carbocycles. The first-order chi connectivity index (χ1) is 7.81. The second-order valence-electron chi connectivity index (χ2n) is 4.39. The Bertz CT molecular complexity index is 318. The molecule has 0 spiro atoms. The number of likely N-dealkylation sites (N-methyl/N-ethyl adjacent to an activating group) is 1. The summed E-state index contributed by atoms with van der Waals surface area (Å²) in [5, 5.41) is 3.44. The Kier molecular flexibility index (Phi) is 4.32. The summed E-state index contributed by atoms with van der Waals surface area (Å²) in [6.07, 6.45) is 2.45. The number of aromatic nitrogens is 1. The van der Waals surface area contributed by atoms with Crippen LogP contribution in [-0.4, -0.2) is 42.1 Å². The molecule has 0 bridgehead atoms. The Morgan fingerprint density at radius 3 is 3.06 bits per heavy atom. The van der Waals surface area contributed by atoms with E-state index in [4.69, 9.17) is 0 Å². The first-order valence-corrected chi connectivity index (χ1v) is 7.03. The molecular formula is C12H21N3S. The van der Waals surface area contributed by atoms with Crippen molar-refractivity contribution >= 4 is 11.3 Å². The molecule has 1 N–H and O–H groups in total. The van der Waals surface area contributed by atoms with Gasteiger partial charge in [-0.05, 0) is 32.9 Å². The largest absolute Gasteiger partial charge is 0.315 e. The van der Waals surface area contributed by atoms with Crippen molar-refractivity contribution in [3.63, 3.8) is 0 Å². The number of rotatable bonds is 5. The third-order valence-electron chi connectivity index (χ3n) is 3.43. The van der Waals surface area contributed by atoms with Gasteiger partial charge in [0.05, 0.1) is 11.2 Å². The molecule has 1 aromatic rings. The minimum Gasteiger partial charge on any atom is -0.315 e. The normalized spacial score (nSPS) is 20.8. The van der Waals surface area contributed by atoms with Crippen LogP contribution in [0.2, 0.25) is 0 Å². The van der Waals surface area contributed by atoms with Gasteiger partial charge in [0.25, 0.3) is 0 Å². The summed E-state index contributed by atoms with van der Waals surface area (Å²) in [5.41, 5.74) is 3.17. The highest BCUT2D eigenvalue weighted by atomic mass is 32.1. The van der Waals surface area contributed by atoms with Gasteiger partial charge in [-0.3, -0.25) is 4.90 Å². The minimum atomic E-state index is 0.748. The Balaban J connectivity index is 1.85. The predicted octanol–water partition coefficient (Wildman–Crippen LogP) is 1.68. The standard InChI is InChI=1S/C12H21N3S/c1-3-15(11-4-6-13-8-11)7-5-12-10(2)14-9-16-12/h9,11,13H,3-8H2,1-2H3. The van der Waals surface area contributed by atoms with Crippen molar-refractivity contribution in [2.24, 2.45) is 0 Å². The van der Waals surface area contributed by atoms with E-state index >= 15 is 0 Å². The molecule has 1 unspecified atom stereocenters. The van der Waals surface area contributed by atoms with Gasteiger partial charge in [-0.25, -0.2) is 4.98 Å². The van der Waals surface area contributed by atoms with E-state index in [-0.39, 0.29) is 0 Å². The van der Waals surface area contributed by atoms with Crippen molar-refractivity contribution in [1.82, 2.24) is 15.2 Å². The van der Waals surface area contributed by atoms with Gasteiger partial charge >= 0.3 is 0 Å². The number of hydrogen-bond donors (Lipinski definition) is 1. The molecular weight excluding hydrogens is 218 g/mol. The van der Waals surface area contributed by atoms with Crippen molar-refractivity contribution in [1.29, 1.82) is 0 Å². The highest BCUT2D eigenvalue weighted by Gasteiger charge is 2.20. The minimum absolute atomic E-state index is 0.748. The number of thiazole rings is 1. The van der Waals surface area contributed by atoms with Crippen LogP contribution in [0.15, 0.2) is 5.51 Å². The third-order valence-corrected chi connectivity index (χ3v) is 4.42. The summed E-state index contributed by atoms with van der Waals surface area (Å²) in [4.78, 5) is 8.35. The summed E-state index contributed by atoms with van der Waals surface area (Å²) < 4.78 is 0. The topological polar surface area (TPSA) is 28.2 Å². The van der Waals surface area contributed by atoms with Crippen LogP contribution < -0.4 is 5.32 Å². The highest BCUT2D eigenvalue weighted by molar-refractivity contribution is 7.09. The molecule has 16 heavy (non-hydrogen) atoms. The van der Waals surface area contributed by atoms with Crippen molar-refractivity contribution in [2.75, 3.05) is 26.2 Å². The van der Waals surface area contributed by atoms with Gasteiger partial charge in [-0.1, -0.05) is 6.92 Å². The average Bonchev–Trinajstić information content (AvgIpc) is 2.92. The molecule has 2 heterocycles. The molecule has 3 nitrogen and oxygen atoms in total. The zero-order valence-electron chi connectivity index (χ0n) is 10.2. The Labute approximate surface area is 102 Å². The van der Waals surface area contributed by atoms with Gasteiger partial charge in [-0.15, -0.1) is 11.3 Å². The van der Waals surface area contributed by atoms with Crippen molar-refractivity contribution in [3.05, 3.63) is 16.1 Å². The van der Waals surface area contributed by atoms with E-state index in [9.17, 15) is 0 Å². The Morgan fingerprint density at radius 2 is 2.50 bits per heavy atom. The van der Waals surface area contributed by atoms with Gasteiger partial charge < -0.3 is 5.32 Å². The summed E-state index contributed by atoms with van der Waals surface area (Å²) in [6.45, 7) is 9.05. The van der Waals surface area contributed by atoms with E-state index in [1.165, 1.54) is 30.1 Å². The summed E-state index contributed by atoms with van der Waals surface area (Å²) in [6, 6.07) is 0.748. The Morgan fingerprint density at radius 1 is 1.62 bits per heavy atom. The fraction of sp³-hybridized carbons (Fsp3) is 0.750. The SMILES string of the molecule is CCN(CCc1scnc1C)C1CCNC1. The zero-order valence-corrected chi connectivity index (χ0v) is 11.0. The second kappa shape index (κ2) is 5.75. The van der Waals surface area contributed by atoms with Crippen LogP contribution in [-0.2, 0) is 6.42 Å². The van der Waals surface area contributed by atoms with E-state index in [0.717, 1.165) is 25.6 Å². The van der Waals surface area contributed by atoms with Crippen molar-refractivity contribution in [3.8, 4) is 0 Å². The molecule has 90 valence electrons. The number of nitrogens with one attached hydrogen (secondary N) is 1. The number of nitrogens with zero attached hydrogens (tertiary/aromatic N) is 2. The fourth-order valence-corrected chi connectivity index (χ4v) is 3.13. The molecule has 1 atom stereocenters. The van der Waals surface area contributed by atoms with Gasteiger partial charge in [0.2, 0.25) is 0 Å². The van der Waals surface area contributed by atoms with Gasteiger partial charge in [0.1, 0.15) is 0 Å². The summed E-state index contributed by atoms with van der Waals surface area (Å²) in [5.74, 6) is 0. The quantitative estimate of drug-likeness (QED) is 0.847. The first kappa shape index (κ1) is 12.0. The predicted molar refractivity (Wildman–Crippen MR) is 69.1 cm³/mol. The van der Waals surface area contributed by atoms with Crippen LogP contribution in [0, 0.1) is 6.92 Å². The molecule has 4 heteroatoms.